The van der Waals surface area contributed by atoms with E-state index in [0.29, 0.717) is 33.2 Å². The van der Waals surface area contributed by atoms with Crippen LogP contribution < -0.4 is 0 Å². The molecule has 0 saturated carbocycles. The average Bonchev–Trinajstić information content (AvgIpc) is 2.84. The van der Waals surface area contributed by atoms with E-state index in [1.54, 1.807) is 3.59 Å². The van der Waals surface area contributed by atoms with Gasteiger partial charge in [0.2, 0.25) is 0 Å². The average molecular weight is 690 g/mol. The summed E-state index contributed by atoms with van der Waals surface area (Å²) in [5.74, 6) is 0. The van der Waals surface area contributed by atoms with Crippen molar-refractivity contribution in [2.75, 3.05) is 13.2 Å². The van der Waals surface area contributed by atoms with E-state index in [4.69, 9.17) is 8.85 Å². The zero-order chi connectivity index (χ0) is 30.4. The van der Waals surface area contributed by atoms with Gasteiger partial charge in [0.05, 0.1) is 0 Å². The van der Waals surface area contributed by atoms with Crippen LogP contribution in [0.1, 0.15) is 142 Å². The maximum atomic E-state index is 7.43. The number of unbranched alkanes of at least 4 members (excludes halogenated alkanes) is 3. The molecule has 0 aromatic heterocycles. The van der Waals surface area contributed by atoms with Crippen molar-refractivity contribution >= 4 is 35.0 Å². The van der Waals surface area contributed by atoms with Gasteiger partial charge in [0.15, 0.2) is 0 Å². The summed E-state index contributed by atoms with van der Waals surface area (Å²) < 4.78 is 20.9. The summed E-state index contributed by atoms with van der Waals surface area (Å²) in [6.07, 6.45) is 10.8. The molecule has 0 unspecified atom stereocenters. The SMILES string of the molecule is CCC[CH2][Sn]([CH2]CCC)([CH2]CCC)/[C](=C/CO[Si](C(C)C)(C(C)C)C(C)C)CO[Si](C(C)C)(C(C)C)C(C)C. The Morgan fingerprint density at radius 2 is 0.846 bits per heavy atom. The van der Waals surface area contributed by atoms with Crippen molar-refractivity contribution in [3.8, 4) is 0 Å². The van der Waals surface area contributed by atoms with Crippen LogP contribution in [0, 0.1) is 0 Å². The monoisotopic (exact) mass is 690 g/mol. The number of rotatable bonds is 22. The zero-order valence-electron chi connectivity index (χ0n) is 29.6. The summed E-state index contributed by atoms with van der Waals surface area (Å²) in [6.45, 7) is 38.0. The Morgan fingerprint density at radius 1 is 0.538 bits per heavy atom. The van der Waals surface area contributed by atoms with Gasteiger partial charge in [-0.1, -0.05) is 0 Å². The van der Waals surface area contributed by atoms with Crippen LogP contribution in [0.2, 0.25) is 46.6 Å². The molecule has 0 fully saturated rings. The second kappa shape index (κ2) is 19.2. The Balaban J connectivity index is 6.82. The molecule has 0 aliphatic carbocycles. The van der Waals surface area contributed by atoms with Gasteiger partial charge >= 0.3 is 256 Å². The van der Waals surface area contributed by atoms with E-state index < -0.39 is 35.0 Å². The standard InChI is InChI=1S/C22H47O2Si2.3C4H9.Sn/c1-17(2)25(18(3)4,19(5)6)23-15-13-14-16-24-26(20(7)8,21(9)10)22(11)12;3*1-3-4-2;/h13,17-22H,15-16H2,1-12H3;3*1,3-4H2,2H3;. The van der Waals surface area contributed by atoms with Crippen molar-refractivity contribution < 1.29 is 8.85 Å². The fraction of sp³-hybridized carbons (Fsp3) is 0.941. The third kappa shape index (κ3) is 10.5. The predicted octanol–water partition coefficient (Wildman–Crippen LogP) is 12.7. The second-order valence-electron chi connectivity index (χ2n) is 14.6. The van der Waals surface area contributed by atoms with Crippen molar-refractivity contribution in [2.24, 2.45) is 0 Å². The molecule has 0 aromatic carbocycles. The van der Waals surface area contributed by atoms with E-state index in [9.17, 15) is 0 Å². The summed E-state index contributed by atoms with van der Waals surface area (Å²) in [5, 5.41) is 0. The summed E-state index contributed by atoms with van der Waals surface area (Å²) in [4.78, 5) is 0. The Labute approximate surface area is 254 Å². The van der Waals surface area contributed by atoms with Crippen LogP contribution in [0.3, 0.4) is 0 Å². The van der Waals surface area contributed by atoms with Crippen LogP contribution >= 0.6 is 0 Å². The van der Waals surface area contributed by atoms with Gasteiger partial charge in [0.1, 0.15) is 0 Å². The fourth-order valence-corrected chi connectivity index (χ4v) is 35.8. The van der Waals surface area contributed by atoms with Crippen molar-refractivity contribution in [2.45, 2.75) is 189 Å². The van der Waals surface area contributed by atoms with Crippen LogP contribution in [-0.2, 0) is 8.85 Å². The van der Waals surface area contributed by atoms with Gasteiger partial charge < -0.3 is 0 Å². The molecule has 0 rings (SSSR count). The fourth-order valence-electron chi connectivity index (χ4n) is 8.32. The molecule has 0 aromatic rings. The van der Waals surface area contributed by atoms with Gasteiger partial charge in [-0.15, -0.1) is 0 Å². The molecule has 0 amide bonds. The van der Waals surface area contributed by atoms with E-state index in [0.717, 1.165) is 13.2 Å². The predicted molar refractivity (Wildman–Crippen MR) is 187 cm³/mol. The number of hydrogen-bond acceptors (Lipinski definition) is 2. The molecule has 0 heterocycles. The molecule has 0 bridgehead atoms. The zero-order valence-corrected chi connectivity index (χ0v) is 34.5. The molecular weight excluding hydrogens is 615 g/mol. The van der Waals surface area contributed by atoms with Crippen molar-refractivity contribution in [1.82, 2.24) is 0 Å². The minimum atomic E-state index is -2.66. The third-order valence-corrected chi connectivity index (χ3v) is 38.5. The van der Waals surface area contributed by atoms with E-state index in [1.165, 1.54) is 51.8 Å². The Hall–Kier alpha value is 0.892. The molecule has 0 spiro atoms. The van der Waals surface area contributed by atoms with Gasteiger partial charge in [-0.05, 0) is 0 Å². The van der Waals surface area contributed by atoms with Gasteiger partial charge in [-0.3, -0.25) is 0 Å². The van der Waals surface area contributed by atoms with Gasteiger partial charge in [0.25, 0.3) is 0 Å². The first-order valence-electron chi connectivity index (χ1n) is 17.1. The second-order valence-corrected chi connectivity index (χ2v) is 38.9. The van der Waals surface area contributed by atoms with Crippen LogP contribution in [0.15, 0.2) is 9.67 Å². The van der Waals surface area contributed by atoms with Crippen LogP contribution in [-0.4, -0.2) is 48.2 Å². The summed E-state index contributed by atoms with van der Waals surface area (Å²) >= 11 is -2.66. The van der Waals surface area contributed by atoms with E-state index in [1.807, 2.05) is 0 Å². The molecule has 5 heteroatoms. The normalized spacial score (nSPS) is 14.3. The third-order valence-electron chi connectivity index (χ3n) is 10.3. The molecular formula is C34H74O2Si2Sn. The van der Waals surface area contributed by atoms with Crippen LogP contribution in [0.25, 0.3) is 0 Å². The Bertz CT molecular complexity index is 605. The van der Waals surface area contributed by atoms with Crippen LogP contribution in [0.5, 0.6) is 0 Å². The first-order valence-corrected chi connectivity index (χ1v) is 28.9. The number of hydrogen-bond donors (Lipinski definition) is 0. The Morgan fingerprint density at radius 3 is 1.13 bits per heavy atom. The van der Waals surface area contributed by atoms with Crippen LogP contribution in [0.4, 0.5) is 0 Å². The van der Waals surface area contributed by atoms with Crippen molar-refractivity contribution in [1.29, 1.82) is 0 Å². The first-order chi connectivity index (χ1) is 18.2. The van der Waals surface area contributed by atoms with Crippen molar-refractivity contribution in [3.05, 3.63) is 9.67 Å². The van der Waals surface area contributed by atoms with Crippen molar-refractivity contribution in [3.63, 3.8) is 0 Å². The topological polar surface area (TPSA) is 18.5 Å². The summed E-state index contributed by atoms with van der Waals surface area (Å²) in [6, 6.07) is 0. The molecule has 0 aliphatic rings. The van der Waals surface area contributed by atoms with Gasteiger partial charge in [-0.2, -0.15) is 0 Å². The van der Waals surface area contributed by atoms with Gasteiger partial charge in [0, 0.05) is 0 Å². The first kappa shape index (κ1) is 39.9. The Kier molecular flexibility index (Phi) is 19.7. The molecule has 0 saturated heterocycles. The summed E-state index contributed by atoms with van der Waals surface area (Å²) in [5.41, 5.74) is 3.77. The molecule has 0 radical (unpaired) electrons. The van der Waals surface area contributed by atoms with E-state index >= 15 is 0 Å². The molecule has 0 atom stereocenters. The van der Waals surface area contributed by atoms with E-state index in [-0.39, 0.29) is 0 Å². The molecule has 0 aliphatic heterocycles. The minimum absolute atomic E-state index is 0.627. The summed E-state index contributed by atoms with van der Waals surface area (Å²) in [7, 11) is -3.83. The molecule has 0 N–H and O–H groups in total. The maximum absolute atomic E-state index is 7.43. The molecule has 39 heavy (non-hydrogen) atoms. The molecule has 2 nitrogen and oxygen atoms in total. The quantitative estimate of drug-likeness (QED) is 0.105. The molecule has 234 valence electrons. The van der Waals surface area contributed by atoms with E-state index in [2.05, 4.69) is 110 Å². The van der Waals surface area contributed by atoms with Gasteiger partial charge in [-0.25, -0.2) is 0 Å².